The fourth-order valence-corrected chi connectivity index (χ4v) is 2.13. The number of thiocarbonyl (C=S) groups is 1. The van der Waals surface area contributed by atoms with Crippen LogP contribution in [0, 0.1) is 0 Å². The monoisotopic (exact) mass is 279 g/mol. The number of nitrogens with zero attached hydrogens (tertiary/aromatic N) is 1. The fourth-order valence-electron chi connectivity index (χ4n) is 1.96. The zero-order chi connectivity index (χ0) is 13.7. The Labute approximate surface area is 117 Å². The first kappa shape index (κ1) is 13.8. The summed E-state index contributed by atoms with van der Waals surface area (Å²) in [6.07, 6.45) is 0. The molecule has 102 valence electrons. The smallest absolute Gasteiger partial charge is 0.234 e. The van der Waals surface area contributed by atoms with Crippen LogP contribution < -0.4 is 15.8 Å². The van der Waals surface area contributed by atoms with Gasteiger partial charge in [-0.05, 0) is 12.1 Å². The van der Waals surface area contributed by atoms with Crippen LogP contribution in [0.2, 0.25) is 0 Å². The van der Waals surface area contributed by atoms with E-state index in [-0.39, 0.29) is 5.91 Å². The van der Waals surface area contributed by atoms with Gasteiger partial charge in [0, 0.05) is 19.6 Å². The number of carbonyl (C=O) groups excluding carboxylic acids is 1. The molecule has 0 radical (unpaired) electrons. The highest BCUT2D eigenvalue weighted by Crippen LogP contribution is 2.17. The Morgan fingerprint density at radius 1 is 1.47 bits per heavy atom. The lowest BCUT2D eigenvalue weighted by molar-refractivity contribution is -0.124. The summed E-state index contributed by atoms with van der Waals surface area (Å²) in [6.45, 7) is 3.20. The van der Waals surface area contributed by atoms with Crippen LogP contribution >= 0.6 is 12.2 Å². The summed E-state index contributed by atoms with van der Waals surface area (Å²) in [4.78, 5) is 13.6. The largest absolute Gasteiger partial charge is 0.492 e. The van der Waals surface area contributed by atoms with Gasteiger partial charge in [0.2, 0.25) is 5.91 Å². The molecule has 1 aromatic carbocycles. The average molecular weight is 279 g/mol. The molecule has 1 saturated heterocycles. The molecule has 3 N–H and O–H groups in total. The molecule has 1 aliphatic heterocycles. The zero-order valence-corrected chi connectivity index (χ0v) is 11.4. The van der Waals surface area contributed by atoms with Gasteiger partial charge in [0.05, 0.1) is 12.1 Å². The minimum absolute atomic E-state index is 0.0646. The standard InChI is InChI=1S/C13H17N3O2S/c14-13(19)10-3-1-2-4-11(10)18-8-7-16-6-5-15-12(17)9-16/h1-4H,5-9H2,(H2,14,19)(H,15,17). The lowest BCUT2D eigenvalue weighted by atomic mass is 10.2. The van der Waals surface area contributed by atoms with Crippen molar-refractivity contribution in [1.82, 2.24) is 10.2 Å². The number of para-hydroxylation sites is 1. The molecule has 1 aromatic rings. The number of benzene rings is 1. The van der Waals surface area contributed by atoms with E-state index < -0.39 is 0 Å². The Hall–Kier alpha value is -1.66. The Morgan fingerprint density at radius 2 is 2.26 bits per heavy atom. The molecule has 0 atom stereocenters. The summed E-state index contributed by atoms with van der Waals surface area (Å²) in [5.74, 6) is 0.756. The third kappa shape index (κ3) is 3.90. The number of hydrogen-bond donors (Lipinski definition) is 2. The molecule has 2 rings (SSSR count). The van der Waals surface area contributed by atoms with Gasteiger partial charge in [0.15, 0.2) is 0 Å². The maximum absolute atomic E-state index is 11.2. The number of piperazine rings is 1. The Morgan fingerprint density at radius 3 is 3.00 bits per heavy atom. The van der Waals surface area contributed by atoms with Gasteiger partial charge in [0.1, 0.15) is 17.3 Å². The van der Waals surface area contributed by atoms with Crippen LogP contribution in [0.1, 0.15) is 5.56 Å². The van der Waals surface area contributed by atoms with Gasteiger partial charge in [-0.15, -0.1) is 0 Å². The fraction of sp³-hybridized carbons (Fsp3) is 0.385. The van der Waals surface area contributed by atoms with Crippen molar-refractivity contribution in [3.63, 3.8) is 0 Å². The van der Waals surface area contributed by atoms with E-state index in [0.29, 0.717) is 37.0 Å². The highest BCUT2D eigenvalue weighted by atomic mass is 32.1. The van der Waals surface area contributed by atoms with Crippen LogP contribution in [0.3, 0.4) is 0 Å². The Kier molecular flexibility index (Phi) is 4.70. The number of rotatable bonds is 5. The minimum Gasteiger partial charge on any atom is -0.492 e. The van der Waals surface area contributed by atoms with Gasteiger partial charge in [-0.2, -0.15) is 0 Å². The summed E-state index contributed by atoms with van der Waals surface area (Å²) in [6, 6.07) is 7.44. The van der Waals surface area contributed by atoms with E-state index in [1.165, 1.54) is 0 Å². The van der Waals surface area contributed by atoms with Crippen molar-refractivity contribution in [3.05, 3.63) is 29.8 Å². The quantitative estimate of drug-likeness (QED) is 0.750. The van der Waals surface area contributed by atoms with Crippen LogP contribution in [0.5, 0.6) is 5.75 Å². The molecule has 0 saturated carbocycles. The lowest BCUT2D eigenvalue weighted by Gasteiger charge is -2.26. The third-order valence-corrected chi connectivity index (χ3v) is 3.15. The number of ether oxygens (including phenoxy) is 1. The maximum atomic E-state index is 11.2. The minimum atomic E-state index is 0.0646. The lowest BCUT2D eigenvalue weighted by Crippen LogP contribution is -2.48. The topological polar surface area (TPSA) is 67.6 Å². The van der Waals surface area contributed by atoms with Gasteiger partial charge < -0.3 is 15.8 Å². The molecule has 19 heavy (non-hydrogen) atoms. The van der Waals surface area contributed by atoms with Crippen molar-refractivity contribution in [3.8, 4) is 5.75 Å². The molecular weight excluding hydrogens is 262 g/mol. The molecule has 1 aliphatic rings. The molecule has 0 bridgehead atoms. The number of nitrogens with one attached hydrogen (secondary N) is 1. The summed E-state index contributed by atoms with van der Waals surface area (Å²) in [5, 5.41) is 2.79. The van der Waals surface area contributed by atoms with Gasteiger partial charge in [-0.3, -0.25) is 9.69 Å². The highest BCUT2D eigenvalue weighted by molar-refractivity contribution is 7.80. The molecule has 1 fully saturated rings. The molecule has 6 heteroatoms. The summed E-state index contributed by atoms with van der Waals surface area (Å²) >= 11 is 4.98. The van der Waals surface area contributed by atoms with E-state index in [2.05, 4.69) is 10.2 Å². The molecule has 5 nitrogen and oxygen atoms in total. The van der Waals surface area contributed by atoms with Crippen molar-refractivity contribution >= 4 is 23.1 Å². The first-order valence-corrected chi connectivity index (χ1v) is 6.58. The SMILES string of the molecule is NC(=S)c1ccccc1OCCN1CCNC(=O)C1. The van der Waals surface area contributed by atoms with E-state index in [1.54, 1.807) is 0 Å². The van der Waals surface area contributed by atoms with E-state index in [0.717, 1.165) is 12.1 Å². The molecule has 0 spiro atoms. The Bertz CT molecular complexity index is 479. The van der Waals surface area contributed by atoms with Crippen LogP contribution in [0.4, 0.5) is 0 Å². The maximum Gasteiger partial charge on any atom is 0.234 e. The zero-order valence-electron chi connectivity index (χ0n) is 10.6. The molecular formula is C13H17N3O2S. The molecule has 0 unspecified atom stereocenters. The summed E-state index contributed by atoms with van der Waals surface area (Å²) in [7, 11) is 0. The van der Waals surface area contributed by atoms with Gasteiger partial charge >= 0.3 is 0 Å². The van der Waals surface area contributed by atoms with Crippen molar-refractivity contribution in [2.75, 3.05) is 32.8 Å². The normalized spacial score (nSPS) is 15.9. The predicted molar refractivity (Wildman–Crippen MR) is 77.3 cm³/mol. The number of nitrogens with two attached hydrogens (primary N) is 1. The average Bonchev–Trinajstić information content (AvgIpc) is 2.39. The Balaban J connectivity index is 1.85. The van der Waals surface area contributed by atoms with Gasteiger partial charge in [0.25, 0.3) is 0 Å². The number of amides is 1. The van der Waals surface area contributed by atoms with Gasteiger partial charge in [-0.25, -0.2) is 0 Å². The molecule has 1 amide bonds. The van der Waals surface area contributed by atoms with Crippen LogP contribution in [0.15, 0.2) is 24.3 Å². The van der Waals surface area contributed by atoms with Crippen molar-refractivity contribution in [2.45, 2.75) is 0 Å². The van der Waals surface area contributed by atoms with Crippen LogP contribution in [-0.4, -0.2) is 48.6 Å². The molecule has 1 heterocycles. The first-order chi connectivity index (χ1) is 9.16. The predicted octanol–water partition coefficient (Wildman–Crippen LogP) is 0.131. The second-order valence-corrected chi connectivity index (χ2v) is 4.77. The van der Waals surface area contributed by atoms with Crippen molar-refractivity contribution in [1.29, 1.82) is 0 Å². The molecule has 0 aromatic heterocycles. The first-order valence-electron chi connectivity index (χ1n) is 6.17. The summed E-state index contributed by atoms with van der Waals surface area (Å²) in [5.41, 5.74) is 6.38. The van der Waals surface area contributed by atoms with Gasteiger partial charge in [-0.1, -0.05) is 24.4 Å². The number of hydrogen-bond acceptors (Lipinski definition) is 4. The highest BCUT2D eigenvalue weighted by Gasteiger charge is 2.15. The van der Waals surface area contributed by atoms with Crippen molar-refractivity contribution < 1.29 is 9.53 Å². The van der Waals surface area contributed by atoms with Crippen LogP contribution in [0.25, 0.3) is 0 Å². The van der Waals surface area contributed by atoms with E-state index >= 15 is 0 Å². The second-order valence-electron chi connectivity index (χ2n) is 4.33. The number of carbonyl (C=O) groups is 1. The van der Waals surface area contributed by atoms with E-state index in [1.807, 2.05) is 24.3 Å². The third-order valence-electron chi connectivity index (χ3n) is 2.94. The van der Waals surface area contributed by atoms with Crippen molar-refractivity contribution in [2.24, 2.45) is 5.73 Å². The molecule has 0 aliphatic carbocycles. The van der Waals surface area contributed by atoms with E-state index in [4.69, 9.17) is 22.7 Å². The second kappa shape index (κ2) is 6.49. The summed E-state index contributed by atoms with van der Waals surface area (Å²) < 4.78 is 5.70. The van der Waals surface area contributed by atoms with E-state index in [9.17, 15) is 4.79 Å². The van der Waals surface area contributed by atoms with Crippen LogP contribution in [-0.2, 0) is 4.79 Å².